The zero-order chi connectivity index (χ0) is 13.1. The molecule has 0 saturated heterocycles. The summed E-state index contributed by atoms with van der Waals surface area (Å²) in [6.45, 7) is 2.08. The van der Waals surface area contributed by atoms with Gasteiger partial charge in [-0.2, -0.15) is 0 Å². The predicted molar refractivity (Wildman–Crippen MR) is 76.0 cm³/mol. The highest BCUT2D eigenvalue weighted by molar-refractivity contribution is 7.10. The minimum Gasteiger partial charge on any atom is -0.313 e. The summed E-state index contributed by atoms with van der Waals surface area (Å²) in [6, 6.07) is 7.35. The zero-order valence-electron chi connectivity index (χ0n) is 10.3. The third-order valence-electron chi connectivity index (χ3n) is 3.08. The van der Waals surface area contributed by atoms with E-state index in [4.69, 9.17) is 11.6 Å². The molecule has 96 valence electrons. The molecule has 0 aliphatic heterocycles. The molecule has 4 heteroatoms. The number of hydrogen-bond acceptors (Lipinski definition) is 2. The molecular formula is C14H15ClFNS. The first-order valence-electron chi connectivity index (χ1n) is 5.77. The van der Waals surface area contributed by atoms with Gasteiger partial charge in [-0.1, -0.05) is 23.7 Å². The molecular weight excluding hydrogens is 269 g/mol. The Hall–Kier alpha value is -0.900. The van der Waals surface area contributed by atoms with E-state index in [2.05, 4.69) is 23.7 Å². The van der Waals surface area contributed by atoms with Crippen LogP contribution in [0.15, 0.2) is 29.6 Å². The molecule has 1 heterocycles. The molecule has 0 saturated carbocycles. The van der Waals surface area contributed by atoms with Gasteiger partial charge in [-0.15, -0.1) is 11.3 Å². The molecule has 1 atom stereocenters. The van der Waals surface area contributed by atoms with Gasteiger partial charge in [0.25, 0.3) is 0 Å². The van der Waals surface area contributed by atoms with Gasteiger partial charge in [0.2, 0.25) is 0 Å². The van der Waals surface area contributed by atoms with Crippen LogP contribution in [0.1, 0.15) is 22.0 Å². The summed E-state index contributed by atoms with van der Waals surface area (Å²) in [7, 11) is 1.89. The van der Waals surface area contributed by atoms with E-state index in [-0.39, 0.29) is 16.9 Å². The molecule has 1 N–H and O–H groups in total. The van der Waals surface area contributed by atoms with Crippen LogP contribution in [0.25, 0.3) is 0 Å². The van der Waals surface area contributed by atoms with E-state index in [1.165, 1.54) is 10.4 Å². The Bertz CT molecular complexity index is 538. The highest BCUT2D eigenvalue weighted by Gasteiger charge is 2.16. The second-order valence-corrected chi connectivity index (χ2v) is 5.72. The smallest absolute Gasteiger partial charge is 0.145 e. The Balaban J connectivity index is 2.26. The van der Waals surface area contributed by atoms with E-state index >= 15 is 0 Å². The Kier molecular flexibility index (Phi) is 4.38. The fourth-order valence-corrected chi connectivity index (χ4v) is 3.01. The number of nitrogens with one attached hydrogen (secondary N) is 1. The summed E-state index contributed by atoms with van der Waals surface area (Å²) >= 11 is 7.51. The first kappa shape index (κ1) is 13.5. The lowest BCUT2D eigenvalue weighted by Crippen LogP contribution is -2.19. The summed E-state index contributed by atoms with van der Waals surface area (Å²) in [5.41, 5.74) is 1.87. The molecule has 0 fully saturated rings. The van der Waals surface area contributed by atoms with Crippen molar-refractivity contribution in [1.82, 2.24) is 5.32 Å². The highest BCUT2D eigenvalue weighted by atomic mass is 35.5. The summed E-state index contributed by atoms with van der Waals surface area (Å²) in [5.74, 6) is -0.313. The number of rotatable bonds is 4. The van der Waals surface area contributed by atoms with Crippen molar-refractivity contribution >= 4 is 22.9 Å². The quantitative estimate of drug-likeness (QED) is 0.879. The molecule has 0 amide bonds. The van der Waals surface area contributed by atoms with Crippen molar-refractivity contribution in [1.29, 1.82) is 0 Å². The second-order valence-electron chi connectivity index (χ2n) is 4.19. The normalized spacial score (nSPS) is 12.7. The van der Waals surface area contributed by atoms with E-state index < -0.39 is 0 Å². The highest BCUT2D eigenvalue weighted by Crippen LogP contribution is 2.27. The number of benzene rings is 1. The Morgan fingerprint density at radius 1 is 1.39 bits per heavy atom. The Morgan fingerprint density at radius 2 is 2.17 bits per heavy atom. The maximum Gasteiger partial charge on any atom is 0.145 e. The molecule has 1 unspecified atom stereocenters. The molecule has 2 rings (SSSR count). The van der Waals surface area contributed by atoms with Crippen molar-refractivity contribution in [3.05, 3.63) is 56.5 Å². The first-order valence-corrected chi connectivity index (χ1v) is 7.03. The summed E-state index contributed by atoms with van der Waals surface area (Å²) < 4.78 is 13.9. The standard InChI is InChI=1S/C14H15ClFNS/c1-9-11(6-7-18-9)13(17-2)8-10-4-3-5-12(15)14(10)16/h3-7,13,17H,8H2,1-2H3. The number of hydrogen-bond donors (Lipinski definition) is 1. The maximum absolute atomic E-state index is 13.9. The number of thiophene rings is 1. The zero-order valence-corrected chi connectivity index (χ0v) is 11.9. The average molecular weight is 284 g/mol. The first-order chi connectivity index (χ1) is 8.63. The lowest BCUT2D eigenvalue weighted by atomic mass is 9.99. The van der Waals surface area contributed by atoms with Gasteiger partial charge in [-0.25, -0.2) is 4.39 Å². The second kappa shape index (κ2) is 5.83. The molecule has 2 aromatic rings. The molecule has 18 heavy (non-hydrogen) atoms. The van der Waals surface area contributed by atoms with Gasteiger partial charge in [-0.3, -0.25) is 0 Å². The van der Waals surface area contributed by atoms with E-state index in [9.17, 15) is 4.39 Å². The van der Waals surface area contributed by atoms with E-state index in [1.807, 2.05) is 7.05 Å². The van der Waals surface area contributed by atoms with Crippen LogP contribution in [0, 0.1) is 12.7 Å². The van der Waals surface area contributed by atoms with Gasteiger partial charge < -0.3 is 5.32 Å². The van der Waals surface area contributed by atoms with Gasteiger partial charge in [0.05, 0.1) is 5.02 Å². The minimum atomic E-state index is -0.313. The SMILES string of the molecule is CNC(Cc1cccc(Cl)c1F)c1ccsc1C. The van der Waals surface area contributed by atoms with Gasteiger partial charge in [0.15, 0.2) is 0 Å². The van der Waals surface area contributed by atoms with Crippen molar-refractivity contribution in [3.63, 3.8) is 0 Å². The fourth-order valence-electron chi connectivity index (χ4n) is 2.05. The van der Waals surface area contributed by atoms with Crippen LogP contribution in [0.4, 0.5) is 4.39 Å². The van der Waals surface area contributed by atoms with Crippen LogP contribution in [0.5, 0.6) is 0 Å². The van der Waals surface area contributed by atoms with Crippen LogP contribution in [-0.4, -0.2) is 7.05 Å². The molecule has 0 aliphatic carbocycles. The van der Waals surface area contributed by atoms with Crippen LogP contribution in [0.3, 0.4) is 0 Å². The van der Waals surface area contributed by atoms with Gasteiger partial charge in [0, 0.05) is 10.9 Å². The van der Waals surface area contributed by atoms with E-state index in [0.717, 1.165) is 0 Å². The number of halogens is 2. The molecule has 1 nitrogen and oxygen atoms in total. The minimum absolute atomic E-state index is 0.115. The lowest BCUT2D eigenvalue weighted by Gasteiger charge is -2.17. The summed E-state index contributed by atoms with van der Waals surface area (Å²) in [6.07, 6.45) is 0.598. The van der Waals surface area contributed by atoms with Crippen molar-refractivity contribution in [2.75, 3.05) is 7.05 Å². The lowest BCUT2D eigenvalue weighted by molar-refractivity contribution is 0.554. The fraction of sp³-hybridized carbons (Fsp3) is 0.286. The Labute approximate surface area is 116 Å². The van der Waals surface area contributed by atoms with E-state index in [1.54, 1.807) is 29.5 Å². The summed E-state index contributed by atoms with van der Waals surface area (Å²) in [4.78, 5) is 1.26. The van der Waals surface area contributed by atoms with Crippen molar-refractivity contribution in [2.45, 2.75) is 19.4 Å². The molecule has 1 aromatic carbocycles. The third kappa shape index (κ3) is 2.74. The van der Waals surface area contributed by atoms with Crippen LogP contribution in [-0.2, 0) is 6.42 Å². The maximum atomic E-state index is 13.9. The molecule has 0 spiro atoms. The van der Waals surface area contributed by atoms with Crippen molar-refractivity contribution in [3.8, 4) is 0 Å². The molecule has 0 bridgehead atoms. The van der Waals surface area contributed by atoms with Crippen LogP contribution in [0.2, 0.25) is 5.02 Å². The number of likely N-dealkylation sites (N-methyl/N-ethyl adjacent to an activating group) is 1. The topological polar surface area (TPSA) is 12.0 Å². The monoisotopic (exact) mass is 283 g/mol. The van der Waals surface area contributed by atoms with Crippen LogP contribution >= 0.6 is 22.9 Å². The average Bonchev–Trinajstić information content (AvgIpc) is 2.77. The van der Waals surface area contributed by atoms with Crippen molar-refractivity contribution < 1.29 is 4.39 Å². The molecule has 1 aromatic heterocycles. The van der Waals surface area contributed by atoms with Gasteiger partial charge in [-0.05, 0) is 49.0 Å². The van der Waals surface area contributed by atoms with E-state index in [0.29, 0.717) is 12.0 Å². The third-order valence-corrected chi connectivity index (χ3v) is 4.23. The summed E-state index contributed by atoms with van der Waals surface area (Å²) in [5, 5.41) is 5.48. The molecule has 0 aliphatic rings. The van der Waals surface area contributed by atoms with Crippen molar-refractivity contribution in [2.24, 2.45) is 0 Å². The number of aryl methyl sites for hydroxylation is 1. The van der Waals surface area contributed by atoms with Gasteiger partial charge in [0.1, 0.15) is 5.82 Å². The predicted octanol–water partition coefficient (Wildman–Crippen LogP) is 4.35. The largest absolute Gasteiger partial charge is 0.313 e. The van der Waals surface area contributed by atoms with Crippen LogP contribution < -0.4 is 5.32 Å². The molecule has 0 radical (unpaired) electrons. The van der Waals surface area contributed by atoms with Gasteiger partial charge >= 0.3 is 0 Å². The Morgan fingerprint density at radius 3 is 2.78 bits per heavy atom.